The van der Waals surface area contributed by atoms with E-state index in [4.69, 9.17) is 4.74 Å². The van der Waals surface area contributed by atoms with E-state index in [1.54, 1.807) is 11.4 Å². The van der Waals surface area contributed by atoms with E-state index in [1.807, 2.05) is 0 Å². The minimum atomic E-state index is -4.43. The van der Waals surface area contributed by atoms with Gasteiger partial charge in [-0.1, -0.05) is 0 Å². The maximum absolute atomic E-state index is 13.2. The van der Waals surface area contributed by atoms with Gasteiger partial charge >= 0.3 is 6.18 Å². The maximum Gasteiger partial charge on any atom is 0.410 e. The van der Waals surface area contributed by atoms with Crippen molar-refractivity contribution in [1.29, 1.82) is 0 Å². The van der Waals surface area contributed by atoms with Gasteiger partial charge in [-0.3, -0.25) is 9.69 Å². The van der Waals surface area contributed by atoms with E-state index >= 15 is 0 Å². The summed E-state index contributed by atoms with van der Waals surface area (Å²) in [6, 6.07) is 6.88. The van der Waals surface area contributed by atoms with Crippen LogP contribution in [0.5, 0.6) is 5.75 Å². The van der Waals surface area contributed by atoms with Gasteiger partial charge in [-0.25, -0.2) is 9.07 Å². The molecular weight excluding hydrogens is 410 g/mol. The predicted molar refractivity (Wildman–Crippen MR) is 98.7 cm³/mol. The van der Waals surface area contributed by atoms with Gasteiger partial charge in [0.25, 0.3) is 5.91 Å². The molecule has 3 heterocycles. The fourth-order valence-electron chi connectivity index (χ4n) is 3.15. The van der Waals surface area contributed by atoms with Gasteiger partial charge in [-0.15, -0.1) is 11.3 Å². The topological polar surface area (TPSA) is 47.4 Å². The van der Waals surface area contributed by atoms with Crippen LogP contribution in [0.1, 0.15) is 27.7 Å². The molecule has 0 aliphatic carbocycles. The van der Waals surface area contributed by atoms with E-state index in [9.17, 15) is 22.4 Å². The van der Waals surface area contributed by atoms with Crippen LogP contribution in [0, 0.1) is 5.82 Å². The van der Waals surface area contributed by atoms with Crippen molar-refractivity contribution in [3.8, 4) is 5.75 Å². The van der Waals surface area contributed by atoms with Crippen LogP contribution in [-0.2, 0) is 6.61 Å². The fourth-order valence-corrected chi connectivity index (χ4v) is 4.00. The minimum Gasteiger partial charge on any atom is -0.489 e. The predicted octanol–water partition coefficient (Wildman–Crippen LogP) is 4.82. The molecule has 0 saturated carbocycles. The van der Waals surface area contributed by atoms with Crippen LogP contribution in [0.25, 0.3) is 0 Å². The van der Waals surface area contributed by atoms with Gasteiger partial charge in [-0.05, 0) is 42.1 Å². The van der Waals surface area contributed by atoms with E-state index < -0.39 is 12.2 Å². The fraction of sp³-hybridized carbons (Fsp3) is 0.263. The summed E-state index contributed by atoms with van der Waals surface area (Å²) in [6.45, 7) is 0.136. The Morgan fingerprint density at radius 3 is 2.72 bits per heavy atom. The second-order valence-electron chi connectivity index (χ2n) is 6.50. The summed E-state index contributed by atoms with van der Waals surface area (Å²) in [4.78, 5) is 14.6. The number of alkyl halides is 3. The average Bonchev–Trinajstić information content (AvgIpc) is 3.35. The number of halogens is 4. The van der Waals surface area contributed by atoms with Crippen molar-refractivity contribution in [3.63, 3.8) is 0 Å². The molecule has 1 amide bonds. The van der Waals surface area contributed by atoms with Gasteiger partial charge in [0, 0.05) is 18.2 Å². The summed E-state index contributed by atoms with van der Waals surface area (Å²) in [5.74, 6) is -0.135. The van der Waals surface area contributed by atoms with Crippen molar-refractivity contribution in [2.24, 2.45) is 0 Å². The number of hydrogen-bond donors (Lipinski definition) is 0. The second-order valence-corrected chi connectivity index (χ2v) is 7.41. The monoisotopic (exact) mass is 425 g/mol. The molecule has 0 saturated heterocycles. The lowest BCUT2D eigenvalue weighted by Crippen LogP contribution is -2.42. The zero-order valence-corrected chi connectivity index (χ0v) is 15.7. The Morgan fingerprint density at radius 2 is 2.00 bits per heavy atom. The molecule has 1 aromatic carbocycles. The third-order valence-corrected chi connectivity index (χ3v) is 5.52. The third kappa shape index (κ3) is 3.98. The number of thiophene rings is 1. The second kappa shape index (κ2) is 7.51. The Kier molecular flexibility index (Phi) is 5.03. The number of nitrogens with zero attached hydrogens (tertiary/aromatic N) is 3. The molecule has 0 spiro atoms. The lowest BCUT2D eigenvalue weighted by atomic mass is 10.1. The van der Waals surface area contributed by atoms with Crippen LogP contribution in [0.15, 0.2) is 48.0 Å². The lowest BCUT2D eigenvalue weighted by molar-refractivity contribution is -0.172. The molecule has 1 aliphatic heterocycles. The molecule has 0 bridgehead atoms. The first-order chi connectivity index (χ1) is 13.8. The van der Waals surface area contributed by atoms with Crippen LogP contribution in [0.4, 0.5) is 23.4 Å². The van der Waals surface area contributed by atoms with Gasteiger partial charge in [0.05, 0.1) is 11.1 Å². The van der Waals surface area contributed by atoms with Crippen LogP contribution < -0.4 is 9.64 Å². The first kappa shape index (κ1) is 19.4. The quantitative estimate of drug-likeness (QED) is 0.564. The molecule has 1 unspecified atom stereocenters. The van der Waals surface area contributed by atoms with Crippen molar-refractivity contribution in [1.82, 2.24) is 9.78 Å². The maximum atomic E-state index is 13.2. The van der Waals surface area contributed by atoms with Crippen LogP contribution in [0.3, 0.4) is 0 Å². The number of fused-ring (bicyclic) bond motifs is 1. The number of amides is 1. The van der Waals surface area contributed by atoms with Crippen molar-refractivity contribution in [2.75, 3.05) is 11.4 Å². The highest BCUT2D eigenvalue weighted by Crippen LogP contribution is 2.39. The summed E-state index contributed by atoms with van der Waals surface area (Å²) in [7, 11) is 0. The van der Waals surface area contributed by atoms with E-state index in [-0.39, 0.29) is 37.1 Å². The summed E-state index contributed by atoms with van der Waals surface area (Å²) >= 11 is 1.19. The highest BCUT2D eigenvalue weighted by atomic mass is 32.1. The Labute approximate surface area is 167 Å². The molecule has 2 aromatic heterocycles. The highest BCUT2D eigenvalue weighted by molar-refractivity contribution is 7.12. The van der Waals surface area contributed by atoms with E-state index in [1.165, 1.54) is 52.8 Å². The number of anilines is 1. The Bertz CT molecular complexity index is 1010. The Morgan fingerprint density at radius 1 is 1.24 bits per heavy atom. The number of hydrogen-bond acceptors (Lipinski definition) is 4. The van der Waals surface area contributed by atoms with Gasteiger partial charge in [-0.2, -0.15) is 18.3 Å². The van der Waals surface area contributed by atoms with Crippen LogP contribution >= 0.6 is 11.3 Å². The molecule has 1 atom stereocenters. The molecule has 152 valence electrons. The van der Waals surface area contributed by atoms with Gasteiger partial charge in [0.1, 0.15) is 24.0 Å². The standard InChI is InChI=1S/C19H15F4N3O2S/c20-13-1-3-14(4-2-13)28-10-12-9-15(29-11-12)18(27)25-8-6-16(19(21,22)23)26-17(25)5-7-24-26/h1-5,7,9,11,16H,6,8,10H2. The number of ether oxygens (including phenoxy) is 1. The Hall–Kier alpha value is -2.88. The molecule has 3 aromatic rings. The van der Waals surface area contributed by atoms with Gasteiger partial charge in [0.2, 0.25) is 0 Å². The summed E-state index contributed by atoms with van der Waals surface area (Å²) in [5, 5.41) is 5.51. The number of carbonyl (C=O) groups excluding carboxylic acids is 1. The van der Waals surface area contributed by atoms with Gasteiger partial charge < -0.3 is 4.74 Å². The average molecular weight is 425 g/mol. The molecule has 29 heavy (non-hydrogen) atoms. The summed E-state index contributed by atoms with van der Waals surface area (Å²) < 4.78 is 58.9. The SMILES string of the molecule is O=C(c1cc(COc2ccc(F)cc2)cs1)N1CCC(C(F)(F)F)n2nccc21. The summed E-state index contributed by atoms with van der Waals surface area (Å²) in [6.07, 6.45) is -3.42. The van der Waals surface area contributed by atoms with Crippen molar-refractivity contribution in [2.45, 2.75) is 25.2 Å². The van der Waals surface area contributed by atoms with Crippen LogP contribution in [0.2, 0.25) is 0 Å². The molecule has 4 rings (SSSR count). The largest absolute Gasteiger partial charge is 0.489 e. The minimum absolute atomic E-state index is 0.0476. The van der Waals surface area contributed by atoms with Gasteiger partial charge in [0.15, 0.2) is 6.04 Å². The molecule has 0 N–H and O–H groups in total. The number of aromatic nitrogens is 2. The zero-order chi connectivity index (χ0) is 20.6. The van der Waals surface area contributed by atoms with E-state index in [0.717, 1.165) is 10.2 Å². The summed E-state index contributed by atoms with van der Waals surface area (Å²) in [5.41, 5.74) is 0.737. The highest BCUT2D eigenvalue weighted by Gasteiger charge is 2.45. The molecule has 10 heteroatoms. The number of benzene rings is 1. The van der Waals surface area contributed by atoms with Crippen molar-refractivity contribution < 1.29 is 27.1 Å². The lowest BCUT2D eigenvalue weighted by Gasteiger charge is -2.33. The number of rotatable bonds is 4. The zero-order valence-electron chi connectivity index (χ0n) is 14.9. The Balaban J connectivity index is 1.47. The molecule has 5 nitrogen and oxygen atoms in total. The first-order valence-corrected chi connectivity index (χ1v) is 9.59. The normalized spacial score (nSPS) is 16.6. The molecule has 0 radical (unpaired) electrons. The molecular formula is C19H15F4N3O2S. The smallest absolute Gasteiger partial charge is 0.410 e. The van der Waals surface area contributed by atoms with Crippen molar-refractivity contribution in [3.05, 3.63) is 64.2 Å². The van der Waals surface area contributed by atoms with E-state index in [2.05, 4.69) is 5.10 Å². The van der Waals surface area contributed by atoms with Crippen LogP contribution in [-0.4, -0.2) is 28.4 Å². The molecule has 0 fully saturated rings. The number of carbonyl (C=O) groups is 1. The third-order valence-electron chi connectivity index (χ3n) is 4.55. The van der Waals surface area contributed by atoms with Crippen molar-refractivity contribution >= 4 is 23.1 Å². The molecule has 1 aliphatic rings. The van der Waals surface area contributed by atoms with E-state index in [0.29, 0.717) is 10.6 Å². The first-order valence-electron chi connectivity index (χ1n) is 8.71.